The molecule has 0 heterocycles. The smallest absolute Gasteiger partial charge is 0.241 e. The zero-order valence-electron chi connectivity index (χ0n) is 11.6. The molecule has 0 fully saturated rings. The number of benzene rings is 2. The van der Waals surface area contributed by atoms with Gasteiger partial charge >= 0.3 is 0 Å². The van der Waals surface area contributed by atoms with E-state index >= 15 is 0 Å². The Labute approximate surface area is 118 Å². The Morgan fingerprint density at radius 2 is 1.25 bits per heavy atom. The van der Waals surface area contributed by atoms with Crippen LogP contribution in [0, 0.1) is 5.92 Å². The molecule has 0 aromatic heterocycles. The lowest BCUT2D eigenvalue weighted by atomic mass is 10.1. The largest absolute Gasteiger partial charge is 0.299 e. The number of hydrogen-bond acceptors (Lipinski definition) is 2. The minimum Gasteiger partial charge on any atom is -0.299 e. The summed E-state index contributed by atoms with van der Waals surface area (Å²) < 4.78 is 0. The van der Waals surface area contributed by atoms with Crippen LogP contribution in [0.2, 0.25) is 0 Å². The van der Waals surface area contributed by atoms with Crippen molar-refractivity contribution in [1.29, 1.82) is 0 Å². The molecular weight excluding hydrogens is 250 g/mol. The highest BCUT2D eigenvalue weighted by molar-refractivity contribution is 6.11. The molecule has 3 heteroatoms. The first-order valence-corrected chi connectivity index (χ1v) is 6.56. The van der Waals surface area contributed by atoms with E-state index in [4.69, 9.17) is 0 Å². The van der Waals surface area contributed by atoms with Gasteiger partial charge in [0.05, 0.1) is 5.92 Å². The first kappa shape index (κ1) is 14.0. The van der Waals surface area contributed by atoms with Gasteiger partial charge in [-0.2, -0.15) is 0 Å². The monoisotopic (exact) mass is 267 g/mol. The van der Waals surface area contributed by atoms with Gasteiger partial charge in [0, 0.05) is 11.4 Å². The number of amides is 1. The Kier molecular flexibility index (Phi) is 4.31. The number of hydrogen-bond donors (Lipinski definition) is 0. The third kappa shape index (κ3) is 2.94. The molecule has 0 saturated carbocycles. The van der Waals surface area contributed by atoms with E-state index < -0.39 is 5.92 Å². The molecule has 20 heavy (non-hydrogen) atoms. The van der Waals surface area contributed by atoms with Crippen LogP contribution in [-0.2, 0) is 9.59 Å². The molecule has 3 nitrogen and oxygen atoms in total. The predicted octanol–water partition coefficient (Wildman–Crippen LogP) is 3.58. The van der Waals surface area contributed by atoms with Gasteiger partial charge in [-0.25, -0.2) is 0 Å². The Morgan fingerprint density at radius 1 is 0.850 bits per heavy atom. The summed E-state index contributed by atoms with van der Waals surface area (Å²) in [7, 11) is 0. The fraction of sp³-hybridized carbons (Fsp3) is 0.176. The molecule has 0 aliphatic carbocycles. The number of carbonyl (C=O) groups excluding carboxylic acids is 2. The molecule has 0 N–H and O–H groups in total. The van der Waals surface area contributed by atoms with Crippen molar-refractivity contribution >= 4 is 23.1 Å². The van der Waals surface area contributed by atoms with Crippen LogP contribution in [0.25, 0.3) is 0 Å². The van der Waals surface area contributed by atoms with E-state index in [0.29, 0.717) is 0 Å². The van der Waals surface area contributed by atoms with Crippen molar-refractivity contribution in [2.75, 3.05) is 4.90 Å². The highest BCUT2D eigenvalue weighted by Crippen LogP contribution is 2.27. The Bertz CT molecular complexity index is 553. The van der Waals surface area contributed by atoms with E-state index in [0.717, 1.165) is 11.4 Å². The minimum atomic E-state index is -0.657. The van der Waals surface area contributed by atoms with Crippen LogP contribution >= 0.6 is 0 Å². The fourth-order valence-corrected chi connectivity index (χ4v) is 1.93. The van der Waals surface area contributed by atoms with Gasteiger partial charge in [0.25, 0.3) is 0 Å². The lowest BCUT2D eigenvalue weighted by Crippen LogP contribution is -2.34. The molecule has 1 unspecified atom stereocenters. The summed E-state index contributed by atoms with van der Waals surface area (Å²) in [6.45, 7) is 3.08. The van der Waals surface area contributed by atoms with Gasteiger partial charge < -0.3 is 0 Å². The molecule has 2 aromatic carbocycles. The Morgan fingerprint density at radius 3 is 1.60 bits per heavy atom. The van der Waals surface area contributed by atoms with Crippen molar-refractivity contribution in [3.05, 3.63) is 60.7 Å². The van der Waals surface area contributed by atoms with Gasteiger partial charge in [0.1, 0.15) is 5.78 Å². The van der Waals surface area contributed by atoms with E-state index in [9.17, 15) is 9.59 Å². The van der Waals surface area contributed by atoms with Crippen molar-refractivity contribution in [1.82, 2.24) is 0 Å². The van der Waals surface area contributed by atoms with Crippen molar-refractivity contribution in [2.45, 2.75) is 13.8 Å². The molecule has 0 aliphatic heterocycles. The normalized spacial score (nSPS) is 11.7. The predicted molar refractivity (Wildman–Crippen MR) is 79.9 cm³/mol. The maximum absolute atomic E-state index is 12.6. The van der Waals surface area contributed by atoms with Gasteiger partial charge in [-0.15, -0.1) is 0 Å². The van der Waals surface area contributed by atoms with Crippen molar-refractivity contribution in [3.8, 4) is 0 Å². The quantitative estimate of drug-likeness (QED) is 0.794. The third-order valence-electron chi connectivity index (χ3n) is 3.23. The standard InChI is InChI=1S/C17H17NO2/c1-13(14(2)19)17(20)18(15-9-5-3-6-10-15)16-11-7-4-8-12-16/h3-13H,1-2H3. The number of rotatable bonds is 4. The van der Waals surface area contributed by atoms with Crippen LogP contribution < -0.4 is 4.90 Å². The number of Topliss-reactive ketones (excluding diaryl/α,β-unsaturated/α-hetero) is 1. The molecular formula is C17H17NO2. The Balaban J connectivity index is 2.46. The second-order valence-electron chi connectivity index (χ2n) is 4.68. The van der Waals surface area contributed by atoms with Crippen LogP contribution in [0.1, 0.15) is 13.8 Å². The summed E-state index contributed by atoms with van der Waals surface area (Å²) in [6.07, 6.45) is 0. The molecule has 2 aromatic rings. The van der Waals surface area contributed by atoms with Crippen molar-refractivity contribution in [2.24, 2.45) is 5.92 Å². The molecule has 0 spiro atoms. The minimum absolute atomic E-state index is 0.133. The van der Waals surface area contributed by atoms with Gasteiger partial charge in [-0.3, -0.25) is 14.5 Å². The number of carbonyl (C=O) groups is 2. The fourth-order valence-electron chi connectivity index (χ4n) is 1.93. The number of anilines is 2. The SMILES string of the molecule is CC(=O)C(C)C(=O)N(c1ccccc1)c1ccccc1. The molecule has 102 valence electrons. The van der Waals surface area contributed by atoms with Gasteiger partial charge in [-0.05, 0) is 38.1 Å². The summed E-state index contributed by atoms with van der Waals surface area (Å²) in [6, 6.07) is 18.7. The summed E-state index contributed by atoms with van der Waals surface area (Å²) in [4.78, 5) is 25.7. The Hall–Kier alpha value is -2.42. The average Bonchev–Trinajstić information content (AvgIpc) is 2.48. The van der Waals surface area contributed by atoms with Crippen LogP contribution in [0.4, 0.5) is 11.4 Å². The molecule has 0 bridgehead atoms. The summed E-state index contributed by atoms with van der Waals surface area (Å²) >= 11 is 0. The van der Waals surface area contributed by atoms with Crippen LogP contribution in [0.5, 0.6) is 0 Å². The van der Waals surface area contributed by atoms with E-state index in [1.165, 1.54) is 6.92 Å². The van der Waals surface area contributed by atoms with E-state index in [-0.39, 0.29) is 11.7 Å². The molecule has 0 radical (unpaired) electrons. The van der Waals surface area contributed by atoms with E-state index in [1.807, 2.05) is 60.7 Å². The average molecular weight is 267 g/mol. The zero-order valence-corrected chi connectivity index (χ0v) is 11.6. The second kappa shape index (κ2) is 6.15. The first-order chi connectivity index (χ1) is 9.61. The molecule has 0 aliphatic rings. The topological polar surface area (TPSA) is 37.4 Å². The van der Waals surface area contributed by atoms with E-state index in [2.05, 4.69) is 0 Å². The molecule has 1 atom stereocenters. The molecule has 0 saturated heterocycles. The highest BCUT2D eigenvalue weighted by atomic mass is 16.2. The van der Waals surface area contributed by atoms with Crippen molar-refractivity contribution < 1.29 is 9.59 Å². The number of para-hydroxylation sites is 2. The third-order valence-corrected chi connectivity index (χ3v) is 3.23. The first-order valence-electron chi connectivity index (χ1n) is 6.56. The highest BCUT2D eigenvalue weighted by Gasteiger charge is 2.26. The van der Waals surface area contributed by atoms with Gasteiger partial charge in [0.2, 0.25) is 5.91 Å². The summed E-state index contributed by atoms with van der Waals surface area (Å²) in [5.74, 6) is -1.00. The maximum Gasteiger partial charge on any atom is 0.241 e. The van der Waals surface area contributed by atoms with Crippen LogP contribution in [0.15, 0.2) is 60.7 Å². The zero-order chi connectivity index (χ0) is 14.5. The van der Waals surface area contributed by atoms with Crippen molar-refractivity contribution in [3.63, 3.8) is 0 Å². The van der Waals surface area contributed by atoms with Crippen LogP contribution in [0.3, 0.4) is 0 Å². The molecule has 1 amide bonds. The second-order valence-corrected chi connectivity index (χ2v) is 4.68. The lowest BCUT2D eigenvalue weighted by molar-refractivity contribution is -0.130. The lowest BCUT2D eigenvalue weighted by Gasteiger charge is -2.25. The molecule has 2 rings (SSSR count). The summed E-state index contributed by atoms with van der Waals surface area (Å²) in [5.41, 5.74) is 1.52. The van der Waals surface area contributed by atoms with E-state index in [1.54, 1.807) is 11.8 Å². The van der Waals surface area contributed by atoms with Crippen LogP contribution in [-0.4, -0.2) is 11.7 Å². The number of nitrogens with zero attached hydrogens (tertiary/aromatic N) is 1. The summed E-state index contributed by atoms with van der Waals surface area (Å²) in [5, 5.41) is 0. The van der Waals surface area contributed by atoms with Gasteiger partial charge in [-0.1, -0.05) is 36.4 Å². The number of ketones is 1. The van der Waals surface area contributed by atoms with Gasteiger partial charge in [0.15, 0.2) is 0 Å². The maximum atomic E-state index is 12.6.